The van der Waals surface area contributed by atoms with Gasteiger partial charge >= 0.3 is 6.18 Å². The van der Waals surface area contributed by atoms with Crippen molar-refractivity contribution < 1.29 is 13.2 Å². The first kappa shape index (κ1) is 19.6. The molecule has 0 aliphatic heterocycles. The van der Waals surface area contributed by atoms with Gasteiger partial charge in [0.25, 0.3) is 0 Å². The highest BCUT2D eigenvalue weighted by Crippen LogP contribution is 2.43. The standard InChI is InChI=1S/C22H13Cl2F3N2/c23-16-10-6-14(7-11-16)19-20(15-8-12-17(24)13-9-15)29(18-4-2-1-3-5-18)28-21(19)22(25,26)27/h1-13H. The maximum atomic E-state index is 14.0. The Labute approximate surface area is 175 Å². The van der Waals surface area contributed by atoms with Crippen LogP contribution < -0.4 is 0 Å². The number of benzene rings is 3. The van der Waals surface area contributed by atoms with Gasteiger partial charge < -0.3 is 0 Å². The second kappa shape index (κ2) is 7.58. The summed E-state index contributed by atoms with van der Waals surface area (Å²) >= 11 is 11.9. The summed E-state index contributed by atoms with van der Waals surface area (Å²) in [5.41, 5.74) is 0.791. The maximum Gasteiger partial charge on any atom is 0.435 e. The van der Waals surface area contributed by atoms with Crippen molar-refractivity contribution in [3.63, 3.8) is 0 Å². The summed E-state index contributed by atoms with van der Waals surface area (Å²) in [5, 5.41) is 4.90. The molecule has 0 amide bonds. The number of para-hydroxylation sites is 1. The van der Waals surface area contributed by atoms with Crippen LogP contribution in [0, 0.1) is 0 Å². The highest BCUT2D eigenvalue weighted by atomic mass is 35.5. The first-order chi connectivity index (χ1) is 13.8. The molecule has 146 valence electrons. The molecule has 2 nitrogen and oxygen atoms in total. The van der Waals surface area contributed by atoms with E-state index in [0.717, 1.165) is 0 Å². The predicted octanol–water partition coefficient (Wildman–Crippen LogP) is 7.53. The maximum absolute atomic E-state index is 14.0. The van der Waals surface area contributed by atoms with Gasteiger partial charge in [-0.2, -0.15) is 18.3 Å². The number of rotatable bonds is 3. The Morgan fingerprint density at radius 3 is 1.72 bits per heavy atom. The lowest BCUT2D eigenvalue weighted by Gasteiger charge is -2.11. The molecule has 0 spiro atoms. The average molecular weight is 433 g/mol. The van der Waals surface area contributed by atoms with Crippen molar-refractivity contribution in [2.75, 3.05) is 0 Å². The van der Waals surface area contributed by atoms with E-state index in [1.54, 1.807) is 78.9 Å². The number of hydrogen-bond donors (Lipinski definition) is 0. The topological polar surface area (TPSA) is 17.8 Å². The zero-order valence-corrected chi connectivity index (χ0v) is 16.3. The third-order valence-electron chi connectivity index (χ3n) is 4.41. The number of hydrogen-bond acceptors (Lipinski definition) is 1. The van der Waals surface area contributed by atoms with Gasteiger partial charge in [0.05, 0.1) is 11.4 Å². The van der Waals surface area contributed by atoms with Crippen LogP contribution in [-0.4, -0.2) is 9.78 Å². The largest absolute Gasteiger partial charge is 0.435 e. The highest BCUT2D eigenvalue weighted by molar-refractivity contribution is 6.31. The van der Waals surface area contributed by atoms with E-state index in [1.807, 2.05) is 0 Å². The van der Waals surface area contributed by atoms with Gasteiger partial charge in [-0.05, 0) is 42.0 Å². The molecule has 7 heteroatoms. The fourth-order valence-corrected chi connectivity index (χ4v) is 3.39. The number of alkyl halides is 3. The Bertz CT molecular complexity index is 1130. The van der Waals surface area contributed by atoms with Gasteiger partial charge in [-0.3, -0.25) is 0 Å². The lowest BCUT2D eigenvalue weighted by molar-refractivity contribution is -0.140. The molecule has 0 saturated heterocycles. The van der Waals surface area contributed by atoms with Crippen molar-refractivity contribution in [1.29, 1.82) is 0 Å². The second-order valence-electron chi connectivity index (χ2n) is 6.33. The Balaban J connectivity index is 2.09. The van der Waals surface area contributed by atoms with E-state index < -0.39 is 11.9 Å². The predicted molar refractivity (Wildman–Crippen MR) is 109 cm³/mol. The van der Waals surface area contributed by atoms with Crippen LogP contribution in [-0.2, 0) is 6.18 Å². The summed E-state index contributed by atoms with van der Waals surface area (Å²) in [7, 11) is 0. The van der Waals surface area contributed by atoms with Crippen LogP contribution in [0.5, 0.6) is 0 Å². The Morgan fingerprint density at radius 1 is 0.690 bits per heavy atom. The molecular weight excluding hydrogens is 420 g/mol. The lowest BCUT2D eigenvalue weighted by atomic mass is 9.98. The van der Waals surface area contributed by atoms with Crippen molar-refractivity contribution in [2.24, 2.45) is 0 Å². The second-order valence-corrected chi connectivity index (χ2v) is 7.20. The number of halogens is 5. The van der Waals surface area contributed by atoms with Gasteiger partial charge in [-0.25, -0.2) is 4.68 Å². The van der Waals surface area contributed by atoms with Crippen molar-refractivity contribution in [3.05, 3.63) is 94.6 Å². The molecule has 29 heavy (non-hydrogen) atoms. The van der Waals surface area contributed by atoms with Crippen LogP contribution in [0.3, 0.4) is 0 Å². The zero-order valence-electron chi connectivity index (χ0n) is 14.8. The fourth-order valence-electron chi connectivity index (χ4n) is 3.14. The van der Waals surface area contributed by atoms with Gasteiger partial charge in [0.1, 0.15) is 0 Å². The first-order valence-corrected chi connectivity index (χ1v) is 9.38. The minimum atomic E-state index is -4.64. The number of nitrogens with zero attached hydrogens (tertiary/aromatic N) is 2. The molecule has 0 fully saturated rings. The molecule has 1 heterocycles. The molecule has 4 rings (SSSR count). The third kappa shape index (κ3) is 3.88. The molecule has 0 atom stereocenters. The van der Waals surface area contributed by atoms with Gasteiger partial charge in [0.15, 0.2) is 5.69 Å². The molecule has 1 aromatic heterocycles. The van der Waals surface area contributed by atoms with Gasteiger partial charge in [0.2, 0.25) is 0 Å². The molecule has 0 aliphatic carbocycles. The van der Waals surface area contributed by atoms with Crippen LogP contribution in [0.4, 0.5) is 13.2 Å². The highest BCUT2D eigenvalue weighted by Gasteiger charge is 2.40. The summed E-state index contributed by atoms with van der Waals surface area (Å²) in [6, 6.07) is 21.6. The molecule has 4 aromatic rings. The van der Waals surface area contributed by atoms with Gasteiger partial charge in [-0.1, -0.05) is 65.7 Å². The van der Waals surface area contributed by atoms with Crippen LogP contribution in [0.1, 0.15) is 5.69 Å². The van der Waals surface area contributed by atoms with Crippen molar-refractivity contribution in [3.8, 4) is 28.1 Å². The Kier molecular flexibility index (Phi) is 5.11. The van der Waals surface area contributed by atoms with Crippen LogP contribution >= 0.6 is 23.2 Å². The molecular formula is C22H13Cl2F3N2. The fraction of sp³-hybridized carbons (Fsp3) is 0.0455. The summed E-state index contributed by atoms with van der Waals surface area (Å²) < 4.78 is 43.3. The Morgan fingerprint density at radius 2 is 1.21 bits per heavy atom. The van der Waals surface area contributed by atoms with Crippen molar-refractivity contribution >= 4 is 23.2 Å². The summed E-state index contributed by atoms with van der Waals surface area (Å²) in [4.78, 5) is 0. The van der Waals surface area contributed by atoms with E-state index in [2.05, 4.69) is 5.10 Å². The molecule has 0 saturated carbocycles. The summed E-state index contributed by atoms with van der Waals surface area (Å²) in [6.07, 6.45) is -4.64. The van der Waals surface area contributed by atoms with E-state index in [1.165, 1.54) is 4.68 Å². The van der Waals surface area contributed by atoms with Crippen LogP contribution in [0.25, 0.3) is 28.1 Å². The van der Waals surface area contributed by atoms with Crippen molar-refractivity contribution in [2.45, 2.75) is 6.18 Å². The smallest absolute Gasteiger partial charge is 0.232 e. The van der Waals surface area contributed by atoms with E-state index in [0.29, 0.717) is 32.6 Å². The van der Waals surface area contributed by atoms with Crippen LogP contribution in [0.2, 0.25) is 10.0 Å². The molecule has 3 aromatic carbocycles. The van der Waals surface area contributed by atoms with Crippen molar-refractivity contribution in [1.82, 2.24) is 9.78 Å². The quantitative estimate of drug-likeness (QED) is 0.327. The Hall–Kier alpha value is -2.76. The lowest BCUT2D eigenvalue weighted by Crippen LogP contribution is -2.08. The SMILES string of the molecule is FC(F)(F)c1nn(-c2ccccc2)c(-c2ccc(Cl)cc2)c1-c1ccc(Cl)cc1. The molecule has 0 aliphatic rings. The monoisotopic (exact) mass is 432 g/mol. The first-order valence-electron chi connectivity index (χ1n) is 8.62. The van der Waals surface area contributed by atoms with Gasteiger partial charge in [0, 0.05) is 21.2 Å². The molecule has 0 bridgehead atoms. The van der Waals surface area contributed by atoms with E-state index >= 15 is 0 Å². The average Bonchev–Trinajstić information content (AvgIpc) is 3.11. The number of aromatic nitrogens is 2. The minimum absolute atomic E-state index is 0.0136. The normalized spacial score (nSPS) is 11.6. The summed E-state index contributed by atoms with van der Waals surface area (Å²) in [5.74, 6) is 0. The molecule has 0 unspecified atom stereocenters. The van der Waals surface area contributed by atoms with E-state index in [4.69, 9.17) is 23.2 Å². The zero-order chi connectivity index (χ0) is 20.6. The molecule has 0 radical (unpaired) electrons. The van der Waals surface area contributed by atoms with E-state index in [-0.39, 0.29) is 5.56 Å². The van der Waals surface area contributed by atoms with Crippen LogP contribution in [0.15, 0.2) is 78.9 Å². The molecule has 0 N–H and O–H groups in total. The summed E-state index contributed by atoms with van der Waals surface area (Å²) in [6.45, 7) is 0. The minimum Gasteiger partial charge on any atom is -0.232 e. The third-order valence-corrected chi connectivity index (χ3v) is 4.91. The van der Waals surface area contributed by atoms with E-state index in [9.17, 15) is 13.2 Å². The van der Waals surface area contributed by atoms with Gasteiger partial charge in [-0.15, -0.1) is 0 Å².